The molecular weight excluding hydrogens is 208 g/mol. The molecule has 1 heterocycles. The van der Waals surface area contributed by atoms with E-state index in [2.05, 4.69) is 10.1 Å². The average molecular weight is 228 g/mol. The van der Waals surface area contributed by atoms with Gasteiger partial charge in [0.2, 0.25) is 11.7 Å². The standard InChI is InChI=1S/C11H20N2O3/c1-4-11(2,15-3)10-12-9(16-13-10)7-5-6-8-14/h14H,4-8H2,1-3H3. The lowest BCUT2D eigenvalue weighted by atomic mass is 10.0. The summed E-state index contributed by atoms with van der Waals surface area (Å²) in [6, 6.07) is 0. The summed E-state index contributed by atoms with van der Waals surface area (Å²) >= 11 is 0. The van der Waals surface area contributed by atoms with Crippen molar-refractivity contribution >= 4 is 0 Å². The number of nitrogens with zero attached hydrogens (tertiary/aromatic N) is 2. The van der Waals surface area contributed by atoms with Gasteiger partial charge in [0.25, 0.3) is 0 Å². The summed E-state index contributed by atoms with van der Waals surface area (Å²) in [7, 11) is 1.64. The molecule has 1 N–H and O–H groups in total. The lowest BCUT2D eigenvalue weighted by molar-refractivity contribution is -0.0106. The Bertz CT molecular complexity index is 308. The second kappa shape index (κ2) is 5.96. The first-order valence-corrected chi connectivity index (χ1v) is 5.65. The van der Waals surface area contributed by atoms with Crippen molar-refractivity contribution in [2.45, 2.75) is 45.1 Å². The summed E-state index contributed by atoms with van der Waals surface area (Å²) < 4.78 is 10.5. The van der Waals surface area contributed by atoms with E-state index < -0.39 is 5.60 Å². The number of aryl methyl sites for hydroxylation is 1. The maximum atomic E-state index is 8.67. The quantitative estimate of drug-likeness (QED) is 0.719. The van der Waals surface area contributed by atoms with Crippen molar-refractivity contribution in [3.8, 4) is 0 Å². The van der Waals surface area contributed by atoms with Crippen molar-refractivity contribution in [3.05, 3.63) is 11.7 Å². The van der Waals surface area contributed by atoms with E-state index in [1.165, 1.54) is 0 Å². The van der Waals surface area contributed by atoms with Crippen LogP contribution in [0.25, 0.3) is 0 Å². The van der Waals surface area contributed by atoms with Crippen LogP contribution in [0.5, 0.6) is 0 Å². The van der Waals surface area contributed by atoms with Crippen LogP contribution in [0.15, 0.2) is 4.52 Å². The first-order chi connectivity index (χ1) is 7.66. The molecule has 5 heteroatoms. The van der Waals surface area contributed by atoms with Crippen molar-refractivity contribution in [2.75, 3.05) is 13.7 Å². The monoisotopic (exact) mass is 228 g/mol. The zero-order valence-corrected chi connectivity index (χ0v) is 10.2. The van der Waals surface area contributed by atoms with Gasteiger partial charge in [-0.2, -0.15) is 4.98 Å². The predicted molar refractivity (Wildman–Crippen MR) is 59.0 cm³/mol. The Labute approximate surface area is 95.8 Å². The maximum absolute atomic E-state index is 8.67. The molecule has 0 radical (unpaired) electrons. The van der Waals surface area contributed by atoms with E-state index >= 15 is 0 Å². The van der Waals surface area contributed by atoms with Crippen molar-refractivity contribution in [2.24, 2.45) is 0 Å². The molecule has 1 unspecified atom stereocenters. The molecule has 1 atom stereocenters. The topological polar surface area (TPSA) is 68.4 Å². The minimum atomic E-state index is -0.473. The number of ether oxygens (including phenoxy) is 1. The molecule has 0 spiro atoms. The summed E-state index contributed by atoms with van der Waals surface area (Å²) in [5.74, 6) is 1.21. The summed E-state index contributed by atoms with van der Waals surface area (Å²) in [5.41, 5.74) is -0.473. The highest BCUT2D eigenvalue weighted by atomic mass is 16.5. The zero-order chi connectivity index (χ0) is 12.0. The minimum absolute atomic E-state index is 0.200. The van der Waals surface area contributed by atoms with Crippen LogP contribution < -0.4 is 0 Å². The number of hydrogen-bond donors (Lipinski definition) is 1. The lowest BCUT2D eigenvalue weighted by Crippen LogP contribution is -2.24. The van der Waals surface area contributed by atoms with E-state index in [4.69, 9.17) is 14.4 Å². The third-order valence-electron chi connectivity index (χ3n) is 2.87. The molecule has 0 fully saturated rings. The third-order valence-corrected chi connectivity index (χ3v) is 2.87. The van der Waals surface area contributed by atoms with Crippen molar-refractivity contribution < 1.29 is 14.4 Å². The molecule has 0 saturated heterocycles. The SMILES string of the molecule is CCC(C)(OC)c1noc(CCCCO)n1. The van der Waals surface area contributed by atoms with E-state index in [0.717, 1.165) is 19.3 Å². The van der Waals surface area contributed by atoms with Crippen LogP contribution in [0.2, 0.25) is 0 Å². The smallest absolute Gasteiger partial charge is 0.226 e. The van der Waals surface area contributed by atoms with Gasteiger partial charge >= 0.3 is 0 Å². The molecule has 0 saturated carbocycles. The summed E-state index contributed by atoms with van der Waals surface area (Å²) in [5, 5.41) is 12.6. The minimum Gasteiger partial charge on any atom is -0.396 e. The van der Waals surface area contributed by atoms with Crippen molar-refractivity contribution in [1.82, 2.24) is 10.1 Å². The number of methoxy groups -OCH3 is 1. The van der Waals surface area contributed by atoms with E-state index in [9.17, 15) is 0 Å². The highest BCUT2D eigenvalue weighted by Crippen LogP contribution is 2.25. The van der Waals surface area contributed by atoms with Gasteiger partial charge in [-0.05, 0) is 26.2 Å². The molecule has 0 bridgehead atoms. The first kappa shape index (κ1) is 13.1. The molecule has 0 amide bonds. The predicted octanol–water partition coefficient (Wildman–Crippen LogP) is 1.66. The Morgan fingerprint density at radius 3 is 2.75 bits per heavy atom. The number of aromatic nitrogens is 2. The Balaban J connectivity index is 2.63. The Morgan fingerprint density at radius 2 is 2.19 bits per heavy atom. The maximum Gasteiger partial charge on any atom is 0.226 e. The number of unbranched alkanes of at least 4 members (excludes halogenated alkanes) is 1. The second-order valence-electron chi connectivity index (χ2n) is 3.98. The molecule has 1 aromatic rings. The number of aliphatic hydroxyl groups excluding tert-OH is 1. The molecule has 1 rings (SSSR count). The van der Waals surface area contributed by atoms with Crippen LogP contribution in [-0.4, -0.2) is 29.0 Å². The second-order valence-corrected chi connectivity index (χ2v) is 3.98. The zero-order valence-electron chi connectivity index (χ0n) is 10.2. The molecule has 0 aliphatic heterocycles. The van der Waals surface area contributed by atoms with Crippen LogP contribution in [0, 0.1) is 0 Å². The number of rotatable bonds is 7. The van der Waals surface area contributed by atoms with Gasteiger partial charge < -0.3 is 14.4 Å². The van der Waals surface area contributed by atoms with E-state index in [0.29, 0.717) is 18.1 Å². The summed E-state index contributed by atoms with van der Waals surface area (Å²) in [4.78, 5) is 4.31. The van der Waals surface area contributed by atoms with Gasteiger partial charge in [0.05, 0.1) is 0 Å². The van der Waals surface area contributed by atoms with Gasteiger partial charge in [-0.3, -0.25) is 0 Å². The molecule has 0 aliphatic rings. The molecule has 16 heavy (non-hydrogen) atoms. The largest absolute Gasteiger partial charge is 0.396 e. The summed E-state index contributed by atoms with van der Waals surface area (Å²) in [6.07, 6.45) is 3.11. The van der Waals surface area contributed by atoms with Crippen LogP contribution >= 0.6 is 0 Å². The van der Waals surface area contributed by atoms with Crippen LogP contribution in [0.1, 0.15) is 44.8 Å². The highest BCUT2D eigenvalue weighted by molar-refractivity contribution is 4.99. The Kier molecular flexibility index (Phi) is 4.89. The van der Waals surface area contributed by atoms with Crippen LogP contribution in [0.3, 0.4) is 0 Å². The van der Waals surface area contributed by atoms with Crippen LogP contribution in [0.4, 0.5) is 0 Å². The van der Waals surface area contributed by atoms with Gasteiger partial charge in [0.1, 0.15) is 5.60 Å². The Morgan fingerprint density at radius 1 is 1.44 bits per heavy atom. The molecule has 5 nitrogen and oxygen atoms in total. The van der Waals surface area contributed by atoms with E-state index in [1.807, 2.05) is 13.8 Å². The molecule has 92 valence electrons. The normalized spacial score (nSPS) is 15.0. The Hall–Kier alpha value is -0.940. The van der Waals surface area contributed by atoms with Crippen LogP contribution in [-0.2, 0) is 16.8 Å². The van der Waals surface area contributed by atoms with E-state index in [-0.39, 0.29) is 6.61 Å². The number of aliphatic hydroxyl groups is 1. The third kappa shape index (κ3) is 3.02. The van der Waals surface area contributed by atoms with Gasteiger partial charge in [0.15, 0.2) is 0 Å². The number of hydrogen-bond acceptors (Lipinski definition) is 5. The van der Waals surface area contributed by atoms with Gasteiger partial charge in [-0.15, -0.1) is 0 Å². The summed E-state index contributed by atoms with van der Waals surface area (Å²) in [6.45, 7) is 4.16. The fourth-order valence-electron chi connectivity index (χ4n) is 1.35. The average Bonchev–Trinajstić information content (AvgIpc) is 2.78. The lowest BCUT2D eigenvalue weighted by Gasteiger charge is -2.21. The molecular formula is C11H20N2O3. The van der Waals surface area contributed by atoms with E-state index in [1.54, 1.807) is 7.11 Å². The fraction of sp³-hybridized carbons (Fsp3) is 0.818. The van der Waals surface area contributed by atoms with Gasteiger partial charge in [-0.25, -0.2) is 0 Å². The van der Waals surface area contributed by atoms with Crippen molar-refractivity contribution in [1.29, 1.82) is 0 Å². The van der Waals surface area contributed by atoms with Crippen molar-refractivity contribution in [3.63, 3.8) is 0 Å². The molecule has 0 aliphatic carbocycles. The van der Waals surface area contributed by atoms with Gasteiger partial charge in [0, 0.05) is 20.1 Å². The fourth-order valence-corrected chi connectivity index (χ4v) is 1.35. The highest BCUT2D eigenvalue weighted by Gasteiger charge is 2.29. The van der Waals surface area contributed by atoms with Gasteiger partial charge in [-0.1, -0.05) is 12.1 Å². The molecule has 0 aromatic carbocycles. The molecule has 1 aromatic heterocycles. The first-order valence-electron chi connectivity index (χ1n) is 5.65.